The first-order valence-electron chi connectivity index (χ1n) is 14.2. The van der Waals surface area contributed by atoms with Gasteiger partial charge in [-0.3, -0.25) is 19.4 Å². The summed E-state index contributed by atoms with van der Waals surface area (Å²) in [6, 6.07) is 9.42. The number of aromatic nitrogens is 3. The SMILES string of the molecule is CNC(=O)c1nnc(NC(=O)C2CC2)cc1Nc1cccc(C2=CC=C(C(=O)N(C)Cc3c(C)ccnc3C)NC2)c1C. The maximum atomic E-state index is 13.2. The van der Waals surface area contributed by atoms with Crippen LogP contribution in [0.5, 0.6) is 0 Å². The Morgan fingerprint density at radius 3 is 2.51 bits per heavy atom. The molecular weight excluding hydrogens is 544 g/mol. The molecule has 3 aromatic rings. The molecule has 1 aliphatic heterocycles. The number of allylic oxidation sites excluding steroid dienone is 2. The number of dihydropyridines is 1. The van der Waals surface area contributed by atoms with Crippen molar-refractivity contribution in [1.82, 2.24) is 30.7 Å². The fourth-order valence-electron chi connectivity index (χ4n) is 4.97. The lowest BCUT2D eigenvalue weighted by Gasteiger charge is -2.24. The van der Waals surface area contributed by atoms with Crippen LogP contribution in [0.15, 0.2) is 54.4 Å². The highest BCUT2D eigenvalue weighted by Crippen LogP contribution is 2.32. The molecule has 2 aromatic heterocycles. The third-order valence-corrected chi connectivity index (χ3v) is 7.78. The Balaban J connectivity index is 1.35. The molecule has 0 atom stereocenters. The number of likely N-dealkylation sites (N-methyl/N-ethyl adjacent to an activating group) is 1. The molecule has 2 aliphatic rings. The van der Waals surface area contributed by atoms with Gasteiger partial charge >= 0.3 is 0 Å². The molecule has 1 aliphatic carbocycles. The normalized spacial score (nSPS) is 14.2. The highest BCUT2D eigenvalue weighted by Gasteiger charge is 2.30. The van der Waals surface area contributed by atoms with Crippen molar-refractivity contribution in [2.75, 3.05) is 31.3 Å². The molecule has 1 aromatic carbocycles. The summed E-state index contributed by atoms with van der Waals surface area (Å²) in [4.78, 5) is 44.1. The summed E-state index contributed by atoms with van der Waals surface area (Å²) >= 11 is 0. The van der Waals surface area contributed by atoms with Crippen molar-refractivity contribution in [3.05, 3.63) is 88.0 Å². The summed E-state index contributed by atoms with van der Waals surface area (Å²) in [6.45, 7) is 6.91. The summed E-state index contributed by atoms with van der Waals surface area (Å²) in [5.74, 6) is -0.304. The molecule has 3 heterocycles. The van der Waals surface area contributed by atoms with Gasteiger partial charge in [0, 0.05) is 56.7 Å². The molecule has 0 radical (unpaired) electrons. The van der Waals surface area contributed by atoms with E-state index in [0.717, 1.165) is 52.0 Å². The van der Waals surface area contributed by atoms with Crippen LogP contribution in [0.2, 0.25) is 0 Å². The Morgan fingerprint density at radius 2 is 1.84 bits per heavy atom. The molecule has 0 unspecified atom stereocenters. The van der Waals surface area contributed by atoms with Crippen molar-refractivity contribution in [2.45, 2.75) is 40.2 Å². The number of nitrogens with one attached hydrogen (secondary N) is 4. The largest absolute Gasteiger partial charge is 0.376 e. The minimum atomic E-state index is -0.399. The molecule has 0 bridgehead atoms. The smallest absolute Gasteiger partial charge is 0.273 e. The van der Waals surface area contributed by atoms with Gasteiger partial charge in [-0.25, -0.2) is 0 Å². The van der Waals surface area contributed by atoms with Gasteiger partial charge in [0.05, 0.1) is 5.69 Å². The van der Waals surface area contributed by atoms with Gasteiger partial charge in [0.1, 0.15) is 5.70 Å². The summed E-state index contributed by atoms with van der Waals surface area (Å²) in [5, 5.41) is 20.1. The molecule has 0 saturated heterocycles. The number of amides is 3. The lowest BCUT2D eigenvalue weighted by atomic mass is 9.96. The Labute approximate surface area is 250 Å². The van der Waals surface area contributed by atoms with E-state index in [4.69, 9.17) is 0 Å². The standard InChI is InChI=1S/C32H36N8O3/c1-18-13-14-34-20(3)24(18)17-40(5)32(43)26-12-11-22(16-35-26)23-7-6-8-25(19(23)2)36-27-15-28(37-30(41)21-9-10-21)38-39-29(27)31(42)33-4/h6-8,11-15,21,35H,9-10,16-17H2,1-5H3,(H,33,42)(H2,36,37,38,41). The van der Waals surface area contributed by atoms with Crippen molar-refractivity contribution in [3.8, 4) is 0 Å². The van der Waals surface area contributed by atoms with Crippen LogP contribution in [0.3, 0.4) is 0 Å². The second-order valence-corrected chi connectivity index (χ2v) is 10.9. The number of rotatable bonds is 9. The summed E-state index contributed by atoms with van der Waals surface area (Å²) in [7, 11) is 3.31. The van der Waals surface area contributed by atoms with Gasteiger partial charge in [0.25, 0.3) is 11.8 Å². The minimum Gasteiger partial charge on any atom is -0.376 e. The fraction of sp³-hybridized carbons (Fsp3) is 0.312. The zero-order chi connectivity index (χ0) is 30.7. The molecule has 11 nitrogen and oxygen atoms in total. The van der Waals surface area contributed by atoms with Crippen LogP contribution >= 0.6 is 0 Å². The molecule has 4 N–H and O–H groups in total. The summed E-state index contributed by atoms with van der Waals surface area (Å²) < 4.78 is 0. The van der Waals surface area contributed by atoms with Crippen molar-refractivity contribution >= 4 is 40.5 Å². The Morgan fingerprint density at radius 1 is 1.05 bits per heavy atom. The van der Waals surface area contributed by atoms with Crippen LogP contribution in [0.1, 0.15) is 51.3 Å². The fourth-order valence-corrected chi connectivity index (χ4v) is 4.97. The van der Waals surface area contributed by atoms with Gasteiger partial charge in [-0.1, -0.05) is 18.2 Å². The van der Waals surface area contributed by atoms with E-state index in [0.29, 0.717) is 24.5 Å². The first-order valence-corrected chi connectivity index (χ1v) is 14.2. The Hall–Kier alpha value is -5.06. The van der Waals surface area contributed by atoms with Gasteiger partial charge < -0.3 is 26.2 Å². The van der Waals surface area contributed by atoms with E-state index in [1.54, 1.807) is 24.2 Å². The van der Waals surface area contributed by atoms with Crippen LogP contribution in [-0.2, 0) is 16.1 Å². The number of anilines is 3. The van der Waals surface area contributed by atoms with E-state index >= 15 is 0 Å². The average Bonchev–Trinajstić information content (AvgIpc) is 3.86. The Bertz CT molecular complexity index is 1640. The molecule has 0 spiro atoms. The van der Waals surface area contributed by atoms with E-state index < -0.39 is 5.91 Å². The quantitative estimate of drug-likeness (QED) is 0.300. The summed E-state index contributed by atoms with van der Waals surface area (Å²) in [6.07, 6.45) is 7.28. The number of hydrogen-bond donors (Lipinski definition) is 4. The van der Waals surface area contributed by atoms with E-state index in [1.807, 2.05) is 57.2 Å². The highest BCUT2D eigenvalue weighted by molar-refractivity contribution is 6.00. The second-order valence-electron chi connectivity index (χ2n) is 10.9. The number of aryl methyl sites for hydroxylation is 2. The summed E-state index contributed by atoms with van der Waals surface area (Å²) in [5.41, 5.74) is 7.84. The number of carbonyl (C=O) groups excluding carboxylic acids is 3. The molecular formula is C32H36N8O3. The average molecular weight is 581 g/mol. The van der Waals surface area contributed by atoms with E-state index in [2.05, 4.69) is 36.4 Å². The maximum Gasteiger partial charge on any atom is 0.273 e. The van der Waals surface area contributed by atoms with E-state index in [-0.39, 0.29) is 29.2 Å². The first-order chi connectivity index (χ1) is 20.7. The van der Waals surface area contributed by atoms with Crippen LogP contribution in [0.4, 0.5) is 17.2 Å². The van der Waals surface area contributed by atoms with Crippen LogP contribution < -0.4 is 21.3 Å². The van der Waals surface area contributed by atoms with Gasteiger partial charge in [0.2, 0.25) is 5.91 Å². The van der Waals surface area contributed by atoms with Crippen molar-refractivity contribution in [2.24, 2.45) is 5.92 Å². The second kappa shape index (κ2) is 12.4. The molecule has 1 fully saturated rings. The number of pyridine rings is 1. The lowest BCUT2D eigenvalue weighted by molar-refractivity contribution is -0.126. The van der Waals surface area contributed by atoms with Crippen molar-refractivity contribution in [3.63, 3.8) is 0 Å². The van der Waals surface area contributed by atoms with Crippen LogP contribution in [0, 0.1) is 26.7 Å². The van der Waals surface area contributed by atoms with Gasteiger partial charge in [0.15, 0.2) is 11.5 Å². The molecule has 5 rings (SSSR count). The van der Waals surface area contributed by atoms with Gasteiger partial charge in [-0.2, -0.15) is 0 Å². The van der Waals surface area contributed by atoms with E-state index in [1.165, 1.54) is 7.05 Å². The molecule has 11 heteroatoms. The van der Waals surface area contributed by atoms with Crippen LogP contribution in [0.25, 0.3) is 5.57 Å². The molecule has 222 valence electrons. The minimum absolute atomic E-state index is 0.00736. The molecule has 43 heavy (non-hydrogen) atoms. The predicted octanol–water partition coefficient (Wildman–Crippen LogP) is 3.78. The highest BCUT2D eigenvalue weighted by atomic mass is 16.2. The predicted molar refractivity (Wildman–Crippen MR) is 165 cm³/mol. The Kier molecular flexibility index (Phi) is 8.51. The zero-order valence-corrected chi connectivity index (χ0v) is 25.0. The van der Waals surface area contributed by atoms with E-state index in [9.17, 15) is 14.4 Å². The first kappa shape index (κ1) is 29.4. The van der Waals surface area contributed by atoms with Gasteiger partial charge in [-0.15, -0.1) is 10.2 Å². The number of nitrogens with zero attached hydrogens (tertiary/aromatic N) is 4. The van der Waals surface area contributed by atoms with Crippen molar-refractivity contribution in [1.29, 1.82) is 0 Å². The van der Waals surface area contributed by atoms with Gasteiger partial charge in [-0.05, 0) is 79.6 Å². The topological polar surface area (TPSA) is 141 Å². The maximum absolute atomic E-state index is 13.2. The monoisotopic (exact) mass is 580 g/mol. The lowest BCUT2D eigenvalue weighted by Crippen LogP contribution is -2.35. The third kappa shape index (κ3) is 6.56. The molecule has 1 saturated carbocycles. The van der Waals surface area contributed by atoms with Crippen LogP contribution in [-0.4, -0.2) is 58.4 Å². The molecule has 3 amide bonds. The number of benzene rings is 1. The number of carbonyl (C=O) groups is 3. The number of hydrogen-bond acceptors (Lipinski definition) is 8. The zero-order valence-electron chi connectivity index (χ0n) is 25.0. The third-order valence-electron chi connectivity index (χ3n) is 7.78. The van der Waals surface area contributed by atoms with Crippen molar-refractivity contribution < 1.29 is 14.4 Å².